The van der Waals surface area contributed by atoms with Crippen LogP contribution in [0.3, 0.4) is 0 Å². The molecule has 0 amide bonds. The van der Waals surface area contributed by atoms with E-state index in [9.17, 15) is 0 Å². The molecule has 2 fully saturated rings. The minimum Gasteiger partial charge on any atom is -0.383 e. The summed E-state index contributed by atoms with van der Waals surface area (Å²) in [5, 5.41) is 1.21. The van der Waals surface area contributed by atoms with Crippen LogP contribution in [0.2, 0.25) is 10.0 Å². The third-order valence-corrected chi connectivity index (χ3v) is 4.66. The van der Waals surface area contributed by atoms with Gasteiger partial charge in [0.15, 0.2) is 0 Å². The maximum atomic E-state index is 6.36. The van der Waals surface area contributed by atoms with E-state index in [2.05, 4.69) is 4.57 Å². The van der Waals surface area contributed by atoms with Crippen LogP contribution in [-0.2, 0) is 0 Å². The molecule has 0 unspecified atom stereocenters. The molecule has 20 heavy (non-hydrogen) atoms. The highest BCUT2D eigenvalue weighted by Crippen LogP contribution is 2.49. The van der Waals surface area contributed by atoms with Crippen LogP contribution >= 0.6 is 23.2 Å². The summed E-state index contributed by atoms with van der Waals surface area (Å²) < 4.78 is 2.21. The molecule has 0 atom stereocenters. The molecular formula is C15H15Cl2N3. The molecule has 2 aliphatic carbocycles. The molecule has 104 valence electrons. The van der Waals surface area contributed by atoms with Gasteiger partial charge in [0.2, 0.25) is 0 Å². The van der Waals surface area contributed by atoms with E-state index in [4.69, 9.17) is 33.9 Å². The van der Waals surface area contributed by atoms with E-state index < -0.39 is 0 Å². The smallest absolute Gasteiger partial charge is 0.132 e. The summed E-state index contributed by atoms with van der Waals surface area (Å²) in [6.07, 6.45) is 4.80. The van der Waals surface area contributed by atoms with E-state index in [1.807, 2.05) is 18.2 Å². The van der Waals surface area contributed by atoms with Crippen LogP contribution in [0.5, 0.6) is 0 Å². The Morgan fingerprint density at radius 3 is 2.30 bits per heavy atom. The molecule has 0 saturated heterocycles. The number of benzene rings is 1. The molecule has 4 rings (SSSR count). The number of nitrogen functional groups attached to an aromatic ring is 1. The Kier molecular flexibility index (Phi) is 2.76. The number of hydrogen-bond donors (Lipinski definition) is 1. The Morgan fingerprint density at radius 2 is 1.75 bits per heavy atom. The Morgan fingerprint density at radius 1 is 1.10 bits per heavy atom. The first-order valence-corrected chi connectivity index (χ1v) is 7.74. The van der Waals surface area contributed by atoms with E-state index in [1.54, 1.807) is 0 Å². The zero-order chi connectivity index (χ0) is 13.9. The van der Waals surface area contributed by atoms with Crippen molar-refractivity contribution in [2.45, 2.75) is 37.6 Å². The summed E-state index contributed by atoms with van der Waals surface area (Å²) in [5.74, 6) is 2.40. The maximum Gasteiger partial charge on any atom is 0.132 e. The third kappa shape index (κ3) is 1.92. The van der Waals surface area contributed by atoms with Crippen molar-refractivity contribution < 1.29 is 0 Å². The van der Waals surface area contributed by atoms with Gasteiger partial charge in [-0.05, 0) is 37.8 Å². The summed E-state index contributed by atoms with van der Waals surface area (Å²) in [4.78, 5) is 4.79. The van der Waals surface area contributed by atoms with Gasteiger partial charge in [0.25, 0.3) is 0 Å². The van der Waals surface area contributed by atoms with Crippen molar-refractivity contribution in [1.29, 1.82) is 0 Å². The van der Waals surface area contributed by atoms with Crippen molar-refractivity contribution in [1.82, 2.24) is 9.55 Å². The van der Waals surface area contributed by atoms with Crippen molar-refractivity contribution in [3.05, 3.63) is 34.1 Å². The first-order chi connectivity index (χ1) is 9.66. The molecule has 0 aliphatic heterocycles. The van der Waals surface area contributed by atoms with Crippen LogP contribution in [0.15, 0.2) is 18.2 Å². The van der Waals surface area contributed by atoms with E-state index in [0.29, 0.717) is 27.8 Å². The molecule has 2 saturated carbocycles. The maximum absolute atomic E-state index is 6.36. The van der Waals surface area contributed by atoms with E-state index in [0.717, 1.165) is 17.1 Å². The molecule has 1 heterocycles. The highest BCUT2D eigenvalue weighted by Gasteiger charge is 2.37. The van der Waals surface area contributed by atoms with Gasteiger partial charge < -0.3 is 10.3 Å². The van der Waals surface area contributed by atoms with Gasteiger partial charge in [0.1, 0.15) is 17.3 Å². The molecule has 0 bridgehead atoms. The van der Waals surface area contributed by atoms with Crippen molar-refractivity contribution in [2.24, 2.45) is 0 Å². The van der Waals surface area contributed by atoms with Crippen LogP contribution in [0.25, 0.3) is 11.3 Å². The third-order valence-electron chi connectivity index (χ3n) is 4.03. The number of nitrogens with two attached hydrogens (primary N) is 1. The second-order valence-electron chi connectivity index (χ2n) is 5.68. The van der Waals surface area contributed by atoms with Crippen molar-refractivity contribution in [3.63, 3.8) is 0 Å². The van der Waals surface area contributed by atoms with Crippen molar-refractivity contribution in [3.8, 4) is 11.3 Å². The number of rotatable bonds is 3. The molecule has 2 aliphatic rings. The highest BCUT2D eigenvalue weighted by molar-refractivity contribution is 6.39. The number of nitrogens with zero attached hydrogens (tertiary/aromatic N) is 2. The molecule has 1 aromatic carbocycles. The Balaban J connectivity index is 1.92. The second-order valence-corrected chi connectivity index (χ2v) is 6.49. The van der Waals surface area contributed by atoms with E-state index >= 15 is 0 Å². The number of anilines is 1. The summed E-state index contributed by atoms with van der Waals surface area (Å²) in [7, 11) is 0. The molecule has 0 spiro atoms. The van der Waals surface area contributed by atoms with Crippen LogP contribution < -0.4 is 5.73 Å². The largest absolute Gasteiger partial charge is 0.383 e. The first-order valence-electron chi connectivity index (χ1n) is 6.98. The Hall–Kier alpha value is -1.19. The van der Waals surface area contributed by atoms with Crippen molar-refractivity contribution >= 4 is 29.0 Å². The standard InChI is InChI=1S/C15H15Cl2N3/c16-10-2-1-3-11(17)12(10)13-14(18)20(9-6-7-9)15(19-13)8-4-5-8/h1-3,8-9H,4-7,18H2. The lowest BCUT2D eigenvalue weighted by molar-refractivity contribution is 0.691. The second kappa shape index (κ2) is 4.40. The summed E-state index contributed by atoms with van der Waals surface area (Å²) in [6, 6.07) is 6.02. The fraction of sp³-hybridized carbons (Fsp3) is 0.400. The number of imidazole rings is 1. The molecule has 2 aromatic rings. The average molecular weight is 308 g/mol. The summed E-state index contributed by atoms with van der Waals surface area (Å²) >= 11 is 12.6. The summed E-state index contributed by atoms with van der Waals surface area (Å²) in [5.41, 5.74) is 7.87. The fourth-order valence-corrected chi connectivity index (χ4v) is 3.29. The molecule has 0 radical (unpaired) electrons. The number of halogens is 2. The zero-order valence-corrected chi connectivity index (χ0v) is 12.5. The summed E-state index contributed by atoms with van der Waals surface area (Å²) in [6.45, 7) is 0. The number of aromatic nitrogens is 2. The Labute approximate surface area is 127 Å². The monoisotopic (exact) mass is 307 g/mol. The molecule has 3 nitrogen and oxygen atoms in total. The van der Waals surface area contributed by atoms with Crippen LogP contribution in [0.4, 0.5) is 5.82 Å². The SMILES string of the molecule is Nc1c(-c2c(Cl)cccc2Cl)nc(C2CC2)n1C1CC1. The van der Waals surface area contributed by atoms with Crippen LogP contribution in [-0.4, -0.2) is 9.55 Å². The lowest BCUT2D eigenvalue weighted by Gasteiger charge is -2.08. The molecular weight excluding hydrogens is 293 g/mol. The minimum atomic E-state index is 0.521. The van der Waals surface area contributed by atoms with Gasteiger partial charge in [-0.3, -0.25) is 0 Å². The van der Waals surface area contributed by atoms with E-state index in [-0.39, 0.29) is 0 Å². The predicted octanol–water partition coefficient (Wildman–Crippen LogP) is 4.65. The van der Waals surface area contributed by atoms with Gasteiger partial charge in [-0.2, -0.15) is 0 Å². The van der Waals surface area contributed by atoms with Gasteiger partial charge in [0.05, 0.1) is 10.0 Å². The van der Waals surface area contributed by atoms with Crippen LogP contribution in [0.1, 0.15) is 43.5 Å². The Bertz CT molecular complexity index is 664. The normalized spacial score (nSPS) is 18.5. The average Bonchev–Trinajstić information content (AvgIpc) is 3.30. The van der Waals surface area contributed by atoms with Gasteiger partial charge in [-0.25, -0.2) is 4.98 Å². The van der Waals surface area contributed by atoms with Gasteiger partial charge in [0, 0.05) is 17.5 Å². The fourth-order valence-electron chi connectivity index (χ4n) is 2.72. The van der Waals surface area contributed by atoms with Gasteiger partial charge in [-0.15, -0.1) is 0 Å². The quantitative estimate of drug-likeness (QED) is 0.897. The van der Waals surface area contributed by atoms with Crippen LogP contribution in [0, 0.1) is 0 Å². The number of hydrogen-bond acceptors (Lipinski definition) is 2. The minimum absolute atomic E-state index is 0.521. The first kappa shape index (κ1) is 12.5. The lowest BCUT2D eigenvalue weighted by atomic mass is 10.1. The predicted molar refractivity (Wildman–Crippen MR) is 82.3 cm³/mol. The molecule has 1 aromatic heterocycles. The lowest BCUT2D eigenvalue weighted by Crippen LogP contribution is -2.04. The molecule has 5 heteroatoms. The van der Waals surface area contributed by atoms with Gasteiger partial charge in [-0.1, -0.05) is 29.3 Å². The zero-order valence-electron chi connectivity index (χ0n) is 10.9. The highest BCUT2D eigenvalue weighted by atomic mass is 35.5. The van der Waals surface area contributed by atoms with E-state index in [1.165, 1.54) is 25.7 Å². The molecule has 2 N–H and O–H groups in total. The topological polar surface area (TPSA) is 43.8 Å². The van der Waals surface area contributed by atoms with Gasteiger partial charge >= 0.3 is 0 Å². The van der Waals surface area contributed by atoms with Crippen molar-refractivity contribution in [2.75, 3.05) is 5.73 Å².